The van der Waals surface area contributed by atoms with Gasteiger partial charge in [-0.15, -0.1) is 0 Å². The van der Waals surface area contributed by atoms with Gasteiger partial charge in [-0.05, 0) is 12.1 Å². The average molecular weight is 124 g/mol. The van der Waals surface area contributed by atoms with Gasteiger partial charge < -0.3 is 0 Å². The number of aromatic nitrogens is 2. The van der Waals surface area contributed by atoms with E-state index in [0.717, 1.165) is 0 Å². The Morgan fingerprint density at radius 2 is 2.44 bits per heavy atom. The van der Waals surface area contributed by atoms with Crippen molar-refractivity contribution >= 4 is 6.08 Å². The van der Waals surface area contributed by atoms with Gasteiger partial charge in [-0.2, -0.15) is 0 Å². The number of hydrogen-bond donors (Lipinski definition) is 0. The predicted molar refractivity (Wildman–Crippen MR) is 32.2 cm³/mol. The van der Waals surface area contributed by atoms with Gasteiger partial charge in [0.2, 0.25) is 0 Å². The summed E-state index contributed by atoms with van der Waals surface area (Å²) in [6.07, 6.45) is 4.64. The van der Waals surface area contributed by atoms with Crippen molar-refractivity contribution in [3.8, 4) is 0 Å². The standard InChI is InChI=1S/C6H5FN2/c7-3-1-6-2-4-8-5-9-6/h1-5H/b3-1-. The SMILES string of the molecule is F/C=C\c1ccncn1. The second-order valence-electron chi connectivity index (χ2n) is 1.43. The van der Waals surface area contributed by atoms with Crippen LogP contribution in [-0.4, -0.2) is 9.97 Å². The fourth-order valence-electron chi connectivity index (χ4n) is 0.464. The van der Waals surface area contributed by atoms with E-state index in [4.69, 9.17) is 0 Å². The van der Waals surface area contributed by atoms with Crippen LogP contribution in [0.4, 0.5) is 4.39 Å². The molecule has 2 nitrogen and oxygen atoms in total. The van der Waals surface area contributed by atoms with Crippen LogP contribution in [0.2, 0.25) is 0 Å². The lowest BCUT2D eigenvalue weighted by molar-refractivity contribution is 0.727. The Bertz CT molecular complexity index is 195. The van der Waals surface area contributed by atoms with E-state index in [9.17, 15) is 4.39 Å². The molecule has 0 amide bonds. The fraction of sp³-hybridized carbons (Fsp3) is 0. The van der Waals surface area contributed by atoms with Crippen LogP contribution in [0.3, 0.4) is 0 Å². The van der Waals surface area contributed by atoms with Crippen molar-refractivity contribution in [3.63, 3.8) is 0 Å². The van der Waals surface area contributed by atoms with Gasteiger partial charge in [0.1, 0.15) is 6.33 Å². The third kappa shape index (κ3) is 1.60. The van der Waals surface area contributed by atoms with Gasteiger partial charge in [0.15, 0.2) is 0 Å². The summed E-state index contributed by atoms with van der Waals surface area (Å²) in [4.78, 5) is 7.39. The van der Waals surface area contributed by atoms with Crippen molar-refractivity contribution in [3.05, 3.63) is 30.6 Å². The Balaban J connectivity index is 2.85. The van der Waals surface area contributed by atoms with Crippen molar-refractivity contribution in [2.24, 2.45) is 0 Å². The van der Waals surface area contributed by atoms with Crippen LogP contribution in [0.15, 0.2) is 24.9 Å². The minimum absolute atomic E-state index is 0.447. The van der Waals surface area contributed by atoms with E-state index in [1.807, 2.05) is 0 Å². The lowest BCUT2D eigenvalue weighted by Crippen LogP contribution is -1.78. The third-order valence-corrected chi connectivity index (χ3v) is 0.839. The average Bonchev–Trinajstić information content (AvgIpc) is 1.91. The fourth-order valence-corrected chi connectivity index (χ4v) is 0.464. The Hall–Kier alpha value is -1.25. The Labute approximate surface area is 52.1 Å². The van der Waals surface area contributed by atoms with Gasteiger partial charge in [0, 0.05) is 6.20 Å². The highest BCUT2D eigenvalue weighted by Gasteiger charge is 1.81. The van der Waals surface area contributed by atoms with Crippen LogP contribution < -0.4 is 0 Å². The zero-order chi connectivity index (χ0) is 6.53. The van der Waals surface area contributed by atoms with Crippen molar-refractivity contribution in [1.29, 1.82) is 0 Å². The lowest BCUT2D eigenvalue weighted by Gasteiger charge is -1.84. The Kier molecular flexibility index (Phi) is 1.90. The molecule has 46 valence electrons. The highest BCUT2D eigenvalue weighted by molar-refractivity contribution is 5.41. The molecule has 0 radical (unpaired) electrons. The normalized spacial score (nSPS) is 10.3. The summed E-state index contributed by atoms with van der Waals surface area (Å²) in [7, 11) is 0. The summed E-state index contributed by atoms with van der Waals surface area (Å²) >= 11 is 0. The molecule has 0 saturated carbocycles. The first-order chi connectivity index (χ1) is 4.43. The van der Waals surface area contributed by atoms with Crippen LogP contribution in [-0.2, 0) is 0 Å². The van der Waals surface area contributed by atoms with Gasteiger partial charge in [-0.25, -0.2) is 14.4 Å². The van der Waals surface area contributed by atoms with Crippen molar-refractivity contribution in [1.82, 2.24) is 9.97 Å². The van der Waals surface area contributed by atoms with E-state index in [1.54, 1.807) is 12.3 Å². The van der Waals surface area contributed by atoms with E-state index < -0.39 is 0 Å². The maximum absolute atomic E-state index is 11.4. The summed E-state index contributed by atoms with van der Waals surface area (Å²) in [5, 5.41) is 0. The minimum Gasteiger partial charge on any atom is -0.245 e. The monoisotopic (exact) mass is 124 g/mol. The first-order valence-electron chi connectivity index (χ1n) is 2.46. The summed E-state index contributed by atoms with van der Waals surface area (Å²) in [5.74, 6) is 0. The summed E-state index contributed by atoms with van der Waals surface area (Å²) in [5.41, 5.74) is 0.576. The molecule has 0 N–H and O–H groups in total. The first kappa shape index (κ1) is 5.88. The molecule has 3 heteroatoms. The van der Waals surface area contributed by atoms with Gasteiger partial charge in [0.25, 0.3) is 0 Å². The Morgan fingerprint density at radius 3 is 3.00 bits per heavy atom. The lowest BCUT2D eigenvalue weighted by atomic mass is 10.4. The smallest absolute Gasteiger partial charge is 0.115 e. The molecule has 0 aliphatic rings. The molecule has 0 unspecified atom stereocenters. The number of halogens is 1. The number of nitrogens with zero attached hydrogens (tertiary/aromatic N) is 2. The van der Waals surface area contributed by atoms with Crippen LogP contribution in [0, 0.1) is 0 Å². The van der Waals surface area contributed by atoms with E-state index in [0.29, 0.717) is 12.0 Å². The molecule has 0 aliphatic carbocycles. The molecule has 9 heavy (non-hydrogen) atoms. The molecule has 0 saturated heterocycles. The van der Waals surface area contributed by atoms with Gasteiger partial charge in [0.05, 0.1) is 12.0 Å². The van der Waals surface area contributed by atoms with Crippen LogP contribution in [0.25, 0.3) is 6.08 Å². The van der Waals surface area contributed by atoms with Crippen molar-refractivity contribution in [2.75, 3.05) is 0 Å². The van der Waals surface area contributed by atoms with Crippen LogP contribution in [0.5, 0.6) is 0 Å². The number of hydrogen-bond acceptors (Lipinski definition) is 2. The molecule has 0 aromatic carbocycles. The molecule has 0 bridgehead atoms. The first-order valence-corrected chi connectivity index (χ1v) is 2.46. The highest BCUT2D eigenvalue weighted by atomic mass is 19.1. The van der Waals surface area contributed by atoms with E-state index in [-0.39, 0.29) is 0 Å². The molecule has 1 heterocycles. The third-order valence-electron chi connectivity index (χ3n) is 0.839. The molecular weight excluding hydrogens is 119 g/mol. The molecular formula is C6H5FN2. The van der Waals surface area contributed by atoms with Gasteiger partial charge >= 0.3 is 0 Å². The van der Waals surface area contributed by atoms with Crippen molar-refractivity contribution < 1.29 is 4.39 Å². The summed E-state index contributed by atoms with van der Waals surface area (Å²) < 4.78 is 11.4. The zero-order valence-corrected chi connectivity index (χ0v) is 4.66. The second-order valence-corrected chi connectivity index (χ2v) is 1.43. The molecule has 0 atom stereocenters. The topological polar surface area (TPSA) is 25.8 Å². The van der Waals surface area contributed by atoms with E-state index in [1.165, 1.54) is 12.4 Å². The Morgan fingerprint density at radius 1 is 1.56 bits per heavy atom. The second kappa shape index (κ2) is 2.91. The maximum Gasteiger partial charge on any atom is 0.115 e. The summed E-state index contributed by atoms with van der Waals surface area (Å²) in [6, 6.07) is 1.62. The molecule has 1 aromatic heterocycles. The predicted octanol–water partition coefficient (Wildman–Crippen LogP) is 1.42. The van der Waals surface area contributed by atoms with Crippen molar-refractivity contribution in [2.45, 2.75) is 0 Å². The minimum atomic E-state index is 0.447. The van der Waals surface area contributed by atoms with Crippen LogP contribution >= 0.6 is 0 Å². The molecule has 0 aliphatic heterocycles. The number of rotatable bonds is 1. The summed E-state index contributed by atoms with van der Waals surface area (Å²) in [6.45, 7) is 0. The molecule has 0 spiro atoms. The quantitative estimate of drug-likeness (QED) is 0.565. The molecule has 1 rings (SSSR count). The van der Waals surface area contributed by atoms with E-state index in [2.05, 4.69) is 9.97 Å². The van der Waals surface area contributed by atoms with Gasteiger partial charge in [-0.1, -0.05) is 0 Å². The molecule has 1 aromatic rings. The van der Waals surface area contributed by atoms with E-state index >= 15 is 0 Å². The highest BCUT2D eigenvalue weighted by Crippen LogP contribution is 1.93. The largest absolute Gasteiger partial charge is 0.245 e. The zero-order valence-electron chi connectivity index (χ0n) is 4.66. The maximum atomic E-state index is 11.4. The van der Waals surface area contributed by atoms with Crippen LogP contribution in [0.1, 0.15) is 5.69 Å². The van der Waals surface area contributed by atoms with Gasteiger partial charge in [-0.3, -0.25) is 0 Å². The molecule has 0 fully saturated rings.